The third kappa shape index (κ3) is 3.21. The fourth-order valence-corrected chi connectivity index (χ4v) is 2.93. The van der Waals surface area contributed by atoms with Crippen molar-refractivity contribution >= 4 is 40.0 Å². The van der Waals surface area contributed by atoms with Crippen LogP contribution in [0.25, 0.3) is 0 Å². The van der Waals surface area contributed by atoms with Crippen LogP contribution in [0.2, 0.25) is 0 Å². The molecular formula is C14H16INO6. The minimum Gasteiger partial charge on any atom is -0.501 e. The van der Waals surface area contributed by atoms with Gasteiger partial charge in [0.15, 0.2) is 11.2 Å². The van der Waals surface area contributed by atoms with Gasteiger partial charge in [-0.3, -0.25) is 19.7 Å². The average molecular weight is 421 g/mol. The number of aromatic hydroxyl groups is 1. The Morgan fingerprint density at radius 1 is 1.41 bits per heavy atom. The Labute approximate surface area is 140 Å². The Morgan fingerprint density at radius 2 is 2.00 bits per heavy atom. The molecule has 22 heavy (non-hydrogen) atoms. The van der Waals surface area contributed by atoms with E-state index in [9.17, 15) is 29.9 Å². The molecule has 0 aliphatic carbocycles. The van der Waals surface area contributed by atoms with Crippen LogP contribution in [0.4, 0.5) is 5.69 Å². The molecule has 0 saturated heterocycles. The van der Waals surface area contributed by atoms with Crippen molar-refractivity contribution in [2.75, 3.05) is 0 Å². The molecule has 0 saturated carbocycles. The van der Waals surface area contributed by atoms with Crippen LogP contribution in [0.1, 0.15) is 38.7 Å². The fraction of sp³-hybridized carbons (Fsp3) is 0.429. The van der Waals surface area contributed by atoms with Crippen molar-refractivity contribution in [2.45, 2.75) is 38.5 Å². The van der Waals surface area contributed by atoms with Gasteiger partial charge >= 0.3 is 11.7 Å². The highest BCUT2D eigenvalue weighted by Gasteiger charge is 2.46. The Bertz CT molecular complexity index is 614. The normalized spacial score (nSPS) is 13.4. The molecule has 0 spiro atoms. The summed E-state index contributed by atoms with van der Waals surface area (Å²) < 4.78 is 0.130. The summed E-state index contributed by atoms with van der Waals surface area (Å²) in [7, 11) is 0. The molecule has 1 aromatic carbocycles. The van der Waals surface area contributed by atoms with Gasteiger partial charge in [0.1, 0.15) is 0 Å². The van der Waals surface area contributed by atoms with Crippen LogP contribution >= 0.6 is 22.6 Å². The number of phenols is 1. The van der Waals surface area contributed by atoms with Crippen molar-refractivity contribution in [3.05, 3.63) is 31.4 Å². The number of hydrogen-bond donors (Lipinski definition) is 2. The molecule has 0 fully saturated rings. The van der Waals surface area contributed by atoms with Gasteiger partial charge < -0.3 is 10.2 Å². The molecule has 0 amide bonds. The number of carboxylic acids is 1. The van der Waals surface area contributed by atoms with Gasteiger partial charge in [-0.2, -0.15) is 0 Å². The zero-order chi connectivity index (χ0) is 17.1. The molecule has 8 heteroatoms. The first-order valence-corrected chi connectivity index (χ1v) is 7.68. The molecule has 1 aromatic rings. The summed E-state index contributed by atoms with van der Waals surface area (Å²) >= 11 is 1.67. The summed E-state index contributed by atoms with van der Waals surface area (Å²) in [5.74, 6) is -2.47. The number of Topliss-reactive ketones (excluding diaryl/α,β-unsaturated/α-hetero) is 1. The first-order chi connectivity index (χ1) is 10.2. The number of benzene rings is 1. The third-order valence-electron chi connectivity index (χ3n) is 3.60. The molecule has 2 N–H and O–H groups in total. The van der Waals surface area contributed by atoms with Gasteiger partial charge in [0.05, 0.1) is 8.49 Å². The summed E-state index contributed by atoms with van der Waals surface area (Å²) in [6.07, 6.45) is 1.21. The second kappa shape index (κ2) is 7.03. The van der Waals surface area contributed by atoms with E-state index >= 15 is 0 Å². The molecule has 0 radical (unpaired) electrons. The number of carbonyl (C=O) groups excluding carboxylic acids is 1. The van der Waals surface area contributed by atoms with Crippen molar-refractivity contribution < 1.29 is 24.7 Å². The molecule has 0 bridgehead atoms. The van der Waals surface area contributed by atoms with E-state index in [-0.39, 0.29) is 15.6 Å². The van der Waals surface area contributed by atoms with E-state index in [4.69, 9.17) is 0 Å². The predicted molar refractivity (Wildman–Crippen MR) is 87.0 cm³/mol. The summed E-state index contributed by atoms with van der Waals surface area (Å²) in [4.78, 5) is 34.1. The Kier molecular flexibility index (Phi) is 5.86. The first kappa shape index (κ1) is 18.3. The van der Waals surface area contributed by atoms with E-state index in [2.05, 4.69) is 0 Å². The van der Waals surface area contributed by atoms with Gasteiger partial charge in [-0.15, -0.1) is 0 Å². The lowest BCUT2D eigenvalue weighted by Gasteiger charge is -2.27. The van der Waals surface area contributed by atoms with E-state index in [1.54, 1.807) is 22.6 Å². The molecule has 1 atom stereocenters. The summed E-state index contributed by atoms with van der Waals surface area (Å²) in [6.45, 7) is 3.02. The van der Waals surface area contributed by atoms with Crippen molar-refractivity contribution in [3.8, 4) is 5.75 Å². The van der Waals surface area contributed by atoms with Crippen LogP contribution < -0.4 is 0 Å². The SMILES string of the molecule is CCCCC(C(C)=O)(C(=O)O)c1cc(I)c(O)c([N+](=O)[O-])c1. The highest BCUT2D eigenvalue weighted by atomic mass is 127. The maximum atomic E-state index is 12.1. The molecule has 1 unspecified atom stereocenters. The lowest BCUT2D eigenvalue weighted by molar-refractivity contribution is -0.386. The molecule has 1 rings (SSSR count). The maximum absolute atomic E-state index is 12.1. The smallest absolute Gasteiger partial charge is 0.321 e. The number of halogens is 1. The van der Waals surface area contributed by atoms with E-state index in [0.717, 1.165) is 13.0 Å². The van der Waals surface area contributed by atoms with Crippen molar-refractivity contribution in [1.82, 2.24) is 0 Å². The number of nitro groups is 1. The number of hydrogen-bond acceptors (Lipinski definition) is 5. The largest absolute Gasteiger partial charge is 0.501 e. The van der Waals surface area contributed by atoms with Crippen LogP contribution in [0.3, 0.4) is 0 Å². The Balaban J connectivity index is 3.65. The number of nitrogens with zero attached hydrogens (tertiary/aromatic N) is 1. The van der Waals surface area contributed by atoms with Crippen LogP contribution in [0.15, 0.2) is 12.1 Å². The third-order valence-corrected chi connectivity index (χ3v) is 4.43. The summed E-state index contributed by atoms with van der Waals surface area (Å²) in [6, 6.07) is 2.29. The number of ketones is 1. The zero-order valence-corrected chi connectivity index (χ0v) is 14.3. The summed E-state index contributed by atoms with van der Waals surface area (Å²) in [5.41, 5.74) is -2.42. The lowest BCUT2D eigenvalue weighted by Crippen LogP contribution is -2.42. The lowest BCUT2D eigenvalue weighted by atomic mass is 9.73. The number of unbranched alkanes of at least 4 members (excludes halogenated alkanes) is 1. The van der Waals surface area contributed by atoms with E-state index < -0.39 is 33.5 Å². The molecule has 0 heterocycles. The van der Waals surface area contributed by atoms with Crippen molar-refractivity contribution in [1.29, 1.82) is 0 Å². The second-order valence-corrected chi connectivity index (χ2v) is 6.12. The molecular weight excluding hydrogens is 405 g/mol. The molecule has 0 aliphatic rings. The van der Waals surface area contributed by atoms with Gasteiger partial charge in [0, 0.05) is 6.07 Å². The Morgan fingerprint density at radius 3 is 2.41 bits per heavy atom. The minimum atomic E-state index is -1.84. The van der Waals surface area contributed by atoms with E-state index in [0.29, 0.717) is 12.8 Å². The number of aliphatic carboxylic acids is 1. The predicted octanol–water partition coefficient (Wildman–Crippen LogP) is 3.01. The molecule has 7 nitrogen and oxygen atoms in total. The quantitative estimate of drug-likeness (QED) is 0.303. The monoisotopic (exact) mass is 421 g/mol. The van der Waals surface area contributed by atoms with Gasteiger partial charge in [-0.05, 0) is 47.6 Å². The van der Waals surface area contributed by atoms with Gasteiger partial charge in [-0.1, -0.05) is 19.8 Å². The number of phenolic OH excluding ortho intramolecular Hbond substituents is 1. The molecule has 0 aliphatic heterocycles. The van der Waals surface area contributed by atoms with Gasteiger partial charge in [0.2, 0.25) is 5.75 Å². The van der Waals surface area contributed by atoms with E-state index in [1.807, 2.05) is 6.92 Å². The number of carboxylic acid groups (broad SMARTS) is 1. The number of nitro benzene ring substituents is 1. The topological polar surface area (TPSA) is 118 Å². The van der Waals surface area contributed by atoms with Crippen LogP contribution in [-0.4, -0.2) is 26.9 Å². The summed E-state index contributed by atoms with van der Waals surface area (Å²) in [5, 5.41) is 30.4. The van der Waals surface area contributed by atoms with Crippen molar-refractivity contribution in [2.24, 2.45) is 0 Å². The molecule has 120 valence electrons. The second-order valence-electron chi connectivity index (χ2n) is 4.95. The number of carbonyl (C=O) groups is 2. The standard InChI is InChI=1S/C14H16INO6/c1-3-4-5-14(8(2)17,13(19)20)9-6-10(15)12(18)11(7-9)16(21)22/h6-7,18H,3-5H2,1-2H3,(H,19,20). The highest BCUT2D eigenvalue weighted by Crippen LogP contribution is 2.39. The fourth-order valence-electron chi connectivity index (χ4n) is 2.32. The van der Waals surface area contributed by atoms with Crippen LogP contribution in [-0.2, 0) is 15.0 Å². The van der Waals surface area contributed by atoms with Gasteiger partial charge in [-0.25, -0.2) is 0 Å². The van der Waals surface area contributed by atoms with E-state index in [1.165, 1.54) is 6.07 Å². The minimum absolute atomic E-state index is 0.0230. The van der Waals surface area contributed by atoms with Gasteiger partial charge in [0.25, 0.3) is 0 Å². The highest BCUT2D eigenvalue weighted by molar-refractivity contribution is 14.1. The first-order valence-electron chi connectivity index (χ1n) is 6.60. The van der Waals surface area contributed by atoms with Crippen molar-refractivity contribution in [3.63, 3.8) is 0 Å². The maximum Gasteiger partial charge on any atom is 0.321 e. The average Bonchev–Trinajstić information content (AvgIpc) is 2.41. The van der Waals surface area contributed by atoms with Crippen LogP contribution in [0, 0.1) is 13.7 Å². The zero-order valence-electron chi connectivity index (χ0n) is 12.1. The molecule has 0 aromatic heterocycles. The Hall–Kier alpha value is -1.71. The number of rotatable bonds is 7. The van der Waals surface area contributed by atoms with Crippen LogP contribution in [0.5, 0.6) is 5.75 Å².